The zero-order chi connectivity index (χ0) is 23.6. The highest BCUT2D eigenvalue weighted by Gasteiger charge is 2.46. The molecule has 0 bridgehead atoms. The number of aryl methyl sites for hydroxylation is 1. The molecule has 1 aliphatic rings. The van der Waals surface area contributed by atoms with Crippen LogP contribution in [0.2, 0.25) is 4.34 Å². The standard InChI is InChI=1S/C26H25ClO5S/c1-16-4-3-5-17(10-16)8-9-32-22-11-18(6-7-21(22)31-2)20(28)14-26(25(29)30)13-19-12-24(27)33-23(19)15-26/h3-7,10-12H,8-9,13-15H2,1-2H3,(H,29,30). The maximum absolute atomic E-state index is 13.2. The van der Waals surface area contributed by atoms with Gasteiger partial charge in [0, 0.05) is 23.3 Å². The van der Waals surface area contributed by atoms with E-state index >= 15 is 0 Å². The number of ether oxygens (including phenoxy) is 2. The number of carbonyl (C=O) groups excluding carboxylic acids is 1. The summed E-state index contributed by atoms with van der Waals surface area (Å²) < 4.78 is 12.0. The molecule has 1 heterocycles. The van der Waals surface area contributed by atoms with Gasteiger partial charge in [-0.05, 0) is 55.2 Å². The first-order valence-corrected chi connectivity index (χ1v) is 11.9. The number of carboxylic acid groups (broad SMARTS) is 1. The van der Waals surface area contributed by atoms with Crippen molar-refractivity contribution in [1.82, 2.24) is 0 Å². The number of hydrogen-bond acceptors (Lipinski definition) is 5. The molecule has 5 nitrogen and oxygen atoms in total. The van der Waals surface area contributed by atoms with Crippen LogP contribution < -0.4 is 9.47 Å². The number of carbonyl (C=O) groups is 2. The number of hydrogen-bond donors (Lipinski definition) is 1. The third-order valence-corrected chi connectivity index (χ3v) is 7.37. The second kappa shape index (κ2) is 9.57. The van der Waals surface area contributed by atoms with Crippen molar-refractivity contribution in [2.24, 2.45) is 5.41 Å². The van der Waals surface area contributed by atoms with Gasteiger partial charge >= 0.3 is 5.97 Å². The minimum atomic E-state index is -1.14. The zero-order valence-electron chi connectivity index (χ0n) is 18.5. The highest BCUT2D eigenvalue weighted by molar-refractivity contribution is 7.16. The molecule has 172 valence electrons. The van der Waals surface area contributed by atoms with Crippen molar-refractivity contribution < 1.29 is 24.2 Å². The predicted octanol–water partition coefficient (Wildman–Crippen LogP) is 5.78. The number of carboxylic acids is 1. The number of rotatable bonds is 9. The second-order valence-electron chi connectivity index (χ2n) is 8.49. The molecule has 0 saturated heterocycles. The number of aliphatic carboxylic acids is 1. The highest BCUT2D eigenvalue weighted by atomic mass is 35.5. The summed E-state index contributed by atoms with van der Waals surface area (Å²) in [4.78, 5) is 26.3. The van der Waals surface area contributed by atoms with E-state index in [-0.39, 0.29) is 12.2 Å². The topological polar surface area (TPSA) is 72.8 Å². The summed E-state index contributed by atoms with van der Waals surface area (Å²) >= 11 is 7.45. The largest absolute Gasteiger partial charge is 0.493 e. The van der Waals surface area contributed by atoms with Crippen molar-refractivity contribution in [3.8, 4) is 11.5 Å². The van der Waals surface area contributed by atoms with E-state index in [1.165, 1.54) is 22.5 Å². The molecule has 1 unspecified atom stereocenters. The number of benzene rings is 2. The van der Waals surface area contributed by atoms with Crippen LogP contribution in [0.3, 0.4) is 0 Å². The van der Waals surface area contributed by atoms with Crippen molar-refractivity contribution in [3.63, 3.8) is 0 Å². The number of ketones is 1. The van der Waals surface area contributed by atoms with E-state index < -0.39 is 11.4 Å². The lowest BCUT2D eigenvalue weighted by Gasteiger charge is -2.23. The molecule has 0 aliphatic heterocycles. The van der Waals surface area contributed by atoms with Gasteiger partial charge < -0.3 is 14.6 Å². The van der Waals surface area contributed by atoms with Crippen molar-refractivity contribution in [3.05, 3.63) is 80.0 Å². The van der Waals surface area contributed by atoms with E-state index in [2.05, 4.69) is 6.07 Å². The summed E-state index contributed by atoms with van der Waals surface area (Å²) in [5, 5.41) is 9.97. The maximum Gasteiger partial charge on any atom is 0.310 e. The average molecular weight is 485 g/mol. The third-order valence-electron chi connectivity index (χ3n) is 6.06. The Bertz CT molecular complexity index is 1180. The molecule has 0 saturated carbocycles. The molecule has 1 aromatic heterocycles. The van der Waals surface area contributed by atoms with Gasteiger partial charge in [-0.3, -0.25) is 9.59 Å². The van der Waals surface area contributed by atoms with Crippen LogP contribution in [0.1, 0.15) is 38.3 Å². The maximum atomic E-state index is 13.2. The van der Waals surface area contributed by atoms with Crippen LogP contribution in [-0.2, 0) is 24.1 Å². The van der Waals surface area contributed by atoms with Crippen LogP contribution in [0.5, 0.6) is 11.5 Å². The number of halogens is 1. The lowest BCUT2D eigenvalue weighted by atomic mass is 9.79. The van der Waals surface area contributed by atoms with Crippen molar-refractivity contribution in [1.29, 1.82) is 0 Å². The average Bonchev–Trinajstić information content (AvgIpc) is 3.28. The summed E-state index contributed by atoms with van der Waals surface area (Å²) in [5.41, 5.74) is 2.55. The number of thiophene rings is 1. The molecule has 3 aromatic rings. The molecular weight excluding hydrogens is 460 g/mol. The van der Waals surface area contributed by atoms with Crippen molar-refractivity contribution in [2.45, 2.75) is 32.6 Å². The Hall–Kier alpha value is -2.83. The van der Waals surface area contributed by atoms with Crippen molar-refractivity contribution >= 4 is 34.7 Å². The number of methoxy groups -OCH3 is 1. The molecule has 4 rings (SSSR count). The molecule has 0 amide bonds. The third kappa shape index (κ3) is 5.07. The Morgan fingerprint density at radius 1 is 1.12 bits per heavy atom. The molecule has 1 atom stereocenters. The molecule has 0 spiro atoms. The van der Waals surface area contributed by atoms with Gasteiger partial charge in [0.1, 0.15) is 0 Å². The van der Waals surface area contributed by atoms with Gasteiger partial charge in [0.2, 0.25) is 0 Å². The molecule has 1 N–H and O–H groups in total. The van der Waals surface area contributed by atoms with Crippen LogP contribution in [0.15, 0.2) is 48.5 Å². The summed E-state index contributed by atoms with van der Waals surface area (Å²) in [6.45, 7) is 2.47. The molecule has 1 aliphatic carbocycles. The van der Waals surface area contributed by atoms with E-state index in [0.29, 0.717) is 40.8 Å². The van der Waals surface area contributed by atoms with E-state index in [1.54, 1.807) is 25.3 Å². The molecule has 2 aromatic carbocycles. The van der Waals surface area contributed by atoms with E-state index in [0.717, 1.165) is 16.9 Å². The molecule has 0 radical (unpaired) electrons. The molecule has 0 fully saturated rings. The van der Waals surface area contributed by atoms with Gasteiger partial charge in [0.25, 0.3) is 0 Å². The van der Waals surface area contributed by atoms with E-state index in [1.807, 2.05) is 31.2 Å². The molecular formula is C26H25ClO5S. The van der Waals surface area contributed by atoms with Crippen LogP contribution in [-0.4, -0.2) is 30.6 Å². The highest BCUT2D eigenvalue weighted by Crippen LogP contribution is 2.45. The smallest absolute Gasteiger partial charge is 0.310 e. The summed E-state index contributed by atoms with van der Waals surface area (Å²) in [5.74, 6) is -0.192. The zero-order valence-corrected chi connectivity index (χ0v) is 20.1. The van der Waals surface area contributed by atoms with Crippen LogP contribution in [0, 0.1) is 12.3 Å². The Kier molecular flexibility index (Phi) is 6.77. The van der Waals surface area contributed by atoms with Gasteiger partial charge in [0.05, 0.1) is 23.5 Å². The quantitative estimate of drug-likeness (QED) is 0.389. The summed E-state index contributed by atoms with van der Waals surface area (Å²) in [6.07, 6.45) is 1.26. The van der Waals surface area contributed by atoms with Gasteiger partial charge in [-0.15, -0.1) is 11.3 Å². The minimum Gasteiger partial charge on any atom is -0.493 e. The predicted molar refractivity (Wildman–Crippen MR) is 129 cm³/mol. The van der Waals surface area contributed by atoms with E-state index in [4.69, 9.17) is 21.1 Å². The minimum absolute atomic E-state index is 0.0869. The van der Waals surface area contributed by atoms with Gasteiger partial charge in [-0.2, -0.15) is 0 Å². The van der Waals surface area contributed by atoms with Gasteiger partial charge in [-0.1, -0.05) is 41.4 Å². The molecule has 33 heavy (non-hydrogen) atoms. The fourth-order valence-corrected chi connectivity index (χ4v) is 5.79. The number of Topliss-reactive ketones (excluding diaryl/α,β-unsaturated/α-hetero) is 1. The van der Waals surface area contributed by atoms with Gasteiger partial charge in [0.15, 0.2) is 17.3 Å². The summed E-state index contributed by atoms with van der Waals surface area (Å²) in [6, 6.07) is 15.0. The second-order valence-corrected chi connectivity index (χ2v) is 10.3. The monoisotopic (exact) mass is 484 g/mol. The number of fused-ring (bicyclic) bond motifs is 1. The lowest BCUT2D eigenvalue weighted by molar-refractivity contribution is -0.148. The molecule has 7 heteroatoms. The first kappa shape index (κ1) is 23.3. The fourth-order valence-electron chi connectivity index (χ4n) is 4.33. The van der Waals surface area contributed by atoms with Crippen molar-refractivity contribution in [2.75, 3.05) is 13.7 Å². The lowest BCUT2D eigenvalue weighted by Crippen LogP contribution is -2.34. The van der Waals surface area contributed by atoms with Crippen LogP contribution in [0.25, 0.3) is 0 Å². The Balaban J connectivity index is 1.48. The summed E-state index contributed by atoms with van der Waals surface area (Å²) in [7, 11) is 1.55. The fraction of sp³-hybridized carbons (Fsp3) is 0.308. The normalized spacial score (nSPS) is 16.9. The van der Waals surface area contributed by atoms with E-state index in [9.17, 15) is 14.7 Å². The Labute approximate surface area is 201 Å². The van der Waals surface area contributed by atoms with Gasteiger partial charge in [-0.25, -0.2) is 0 Å². The Morgan fingerprint density at radius 2 is 1.94 bits per heavy atom. The van der Waals surface area contributed by atoms with Crippen LogP contribution >= 0.6 is 22.9 Å². The first-order valence-electron chi connectivity index (χ1n) is 10.7. The SMILES string of the molecule is COc1ccc(C(=O)CC2(C(=O)O)Cc3cc(Cl)sc3C2)cc1OCCc1cccc(C)c1. The first-order chi connectivity index (χ1) is 15.8. The Morgan fingerprint density at radius 3 is 2.64 bits per heavy atom. The van der Waals surface area contributed by atoms with Crippen LogP contribution in [0.4, 0.5) is 0 Å².